The van der Waals surface area contributed by atoms with Crippen molar-refractivity contribution in [3.8, 4) is 5.75 Å². The lowest BCUT2D eigenvalue weighted by molar-refractivity contribution is -0.118. The Balaban J connectivity index is 2.79. The largest absolute Gasteiger partial charge is 0.496 e. The molecule has 15 heavy (non-hydrogen) atoms. The van der Waals surface area contributed by atoms with E-state index in [1.807, 2.05) is 25.1 Å². The molecular weight excluding hydrogens is 192 g/mol. The van der Waals surface area contributed by atoms with Gasteiger partial charge < -0.3 is 15.8 Å². The molecule has 0 saturated heterocycles. The van der Waals surface area contributed by atoms with Crippen LogP contribution in [0.3, 0.4) is 0 Å². The molecule has 1 unspecified atom stereocenters. The second-order valence-corrected chi connectivity index (χ2v) is 3.45. The molecule has 3 N–H and O–H groups in total. The van der Waals surface area contributed by atoms with Crippen LogP contribution in [0.25, 0.3) is 0 Å². The SMILES string of the molecule is COc1ccc(NC(C)C(N)=O)cc1C. The predicted molar refractivity (Wildman–Crippen MR) is 60.0 cm³/mol. The third kappa shape index (κ3) is 2.87. The van der Waals surface area contributed by atoms with Crippen LogP contribution < -0.4 is 15.8 Å². The summed E-state index contributed by atoms with van der Waals surface area (Å²) in [4.78, 5) is 10.8. The fourth-order valence-corrected chi connectivity index (χ4v) is 1.29. The second-order valence-electron chi connectivity index (χ2n) is 3.45. The monoisotopic (exact) mass is 208 g/mol. The number of rotatable bonds is 4. The first kappa shape index (κ1) is 11.4. The van der Waals surface area contributed by atoms with Crippen molar-refractivity contribution >= 4 is 11.6 Å². The van der Waals surface area contributed by atoms with E-state index in [0.717, 1.165) is 17.0 Å². The van der Waals surface area contributed by atoms with Gasteiger partial charge in [0.05, 0.1) is 7.11 Å². The summed E-state index contributed by atoms with van der Waals surface area (Å²) in [5, 5.41) is 3.00. The minimum atomic E-state index is -0.377. The van der Waals surface area contributed by atoms with Crippen LogP contribution in [-0.4, -0.2) is 19.1 Å². The van der Waals surface area contributed by atoms with E-state index >= 15 is 0 Å². The van der Waals surface area contributed by atoms with Gasteiger partial charge in [-0.3, -0.25) is 4.79 Å². The number of primary amides is 1. The molecule has 0 bridgehead atoms. The number of ether oxygens (including phenoxy) is 1. The van der Waals surface area contributed by atoms with Crippen LogP contribution in [0, 0.1) is 6.92 Å². The molecule has 1 aromatic rings. The Labute approximate surface area is 89.4 Å². The van der Waals surface area contributed by atoms with E-state index in [4.69, 9.17) is 10.5 Å². The second kappa shape index (κ2) is 4.68. The number of benzene rings is 1. The average Bonchev–Trinajstić information content (AvgIpc) is 2.18. The Morgan fingerprint density at radius 1 is 1.53 bits per heavy atom. The fraction of sp³-hybridized carbons (Fsp3) is 0.364. The topological polar surface area (TPSA) is 64.3 Å². The molecule has 0 spiro atoms. The Morgan fingerprint density at radius 3 is 2.67 bits per heavy atom. The quantitative estimate of drug-likeness (QED) is 0.783. The third-order valence-electron chi connectivity index (χ3n) is 2.20. The Morgan fingerprint density at radius 2 is 2.20 bits per heavy atom. The van der Waals surface area contributed by atoms with Crippen molar-refractivity contribution in [3.63, 3.8) is 0 Å². The Hall–Kier alpha value is -1.71. The van der Waals surface area contributed by atoms with E-state index in [-0.39, 0.29) is 11.9 Å². The van der Waals surface area contributed by atoms with E-state index in [0.29, 0.717) is 0 Å². The lowest BCUT2D eigenvalue weighted by Crippen LogP contribution is -2.32. The fourth-order valence-electron chi connectivity index (χ4n) is 1.29. The van der Waals surface area contributed by atoms with Gasteiger partial charge in [-0.15, -0.1) is 0 Å². The smallest absolute Gasteiger partial charge is 0.239 e. The van der Waals surface area contributed by atoms with E-state index < -0.39 is 0 Å². The number of nitrogens with one attached hydrogen (secondary N) is 1. The zero-order valence-corrected chi connectivity index (χ0v) is 9.20. The van der Waals surface area contributed by atoms with Crippen molar-refractivity contribution in [2.24, 2.45) is 5.73 Å². The van der Waals surface area contributed by atoms with Gasteiger partial charge in [0.25, 0.3) is 0 Å². The van der Waals surface area contributed by atoms with Gasteiger partial charge in [-0.1, -0.05) is 0 Å². The molecule has 0 radical (unpaired) electrons. The van der Waals surface area contributed by atoms with E-state index in [1.165, 1.54) is 0 Å². The Kier molecular flexibility index (Phi) is 3.55. The van der Waals surface area contributed by atoms with Crippen molar-refractivity contribution in [1.29, 1.82) is 0 Å². The maximum absolute atomic E-state index is 10.8. The van der Waals surface area contributed by atoms with Crippen molar-refractivity contribution in [3.05, 3.63) is 23.8 Å². The number of amides is 1. The van der Waals surface area contributed by atoms with Crippen molar-refractivity contribution in [2.75, 3.05) is 12.4 Å². The first-order valence-corrected chi connectivity index (χ1v) is 4.75. The summed E-state index contributed by atoms with van der Waals surface area (Å²) in [5.41, 5.74) is 7.03. The van der Waals surface area contributed by atoms with Crippen LogP contribution in [0.5, 0.6) is 5.75 Å². The number of carbonyl (C=O) groups is 1. The van der Waals surface area contributed by atoms with Crippen LogP contribution >= 0.6 is 0 Å². The highest BCUT2D eigenvalue weighted by Gasteiger charge is 2.08. The van der Waals surface area contributed by atoms with Gasteiger partial charge in [0.2, 0.25) is 5.91 Å². The van der Waals surface area contributed by atoms with Crippen LogP contribution in [-0.2, 0) is 4.79 Å². The molecule has 0 aliphatic heterocycles. The number of nitrogens with two attached hydrogens (primary N) is 1. The highest BCUT2D eigenvalue weighted by molar-refractivity contribution is 5.82. The van der Waals surface area contributed by atoms with Crippen LogP contribution in [0.15, 0.2) is 18.2 Å². The number of hydrogen-bond donors (Lipinski definition) is 2. The molecule has 1 amide bonds. The molecule has 4 nitrogen and oxygen atoms in total. The highest BCUT2D eigenvalue weighted by atomic mass is 16.5. The van der Waals surface area contributed by atoms with E-state index in [1.54, 1.807) is 14.0 Å². The van der Waals surface area contributed by atoms with Crippen LogP contribution in [0.4, 0.5) is 5.69 Å². The normalized spacial score (nSPS) is 11.9. The van der Waals surface area contributed by atoms with Gasteiger partial charge in [-0.05, 0) is 37.6 Å². The summed E-state index contributed by atoms with van der Waals surface area (Å²) in [6.45, 7) is 3.67. The number of methoxy groups -OCH3 is 1. The summed E-state index contributed by atoms with van der Waals surface area (Å²) >= 11 is 0. The summed E-state index contributed by atoms with van der Waals surface area (Å²) < 4.78 is 5.13. The predicted octanol–water partition coefficient (Wildman–Crippen LogP) is 1.29. The van der Waals surface area contributed by atoms with Gasteiger partial charge in [0.1, 0.15) is 11.8 Å². The standard InChI is InChI=1S/C11H16N2O2/c1-7-6-9(4-5-10(7)15-3)13-8(2)11(12)14/h4-6,8,13H,1-3H3,(H2,12,14). The molecule has 0 saturated carbocycles. The van der Waals surface area contributed by atoms with Crippen LogP contribution in [0.1, 0.15) is 12.5 Å². The zero-order chi connectivity index (χ0) is 11.4. The number of hydrogen-bond acceptors (Lipinski definition) is 3. The van der Waals surface area contributed by atoms with Crippen molar-refractivity contribution in [1.82, 2.24) is 0 Å². The molecule has 1 atom stereocenters. The molecule has 0 fully saturated rings. The number of aryl methyl sites for hydroxylation is 1. The highest BCUT2D eigenvalue weighted by Crippen LogP contribution is 2.21. The summed E-state index contributed by atoms with van der Waals surface area (Å²) in [6, 6.07) is 5.24. The minimum absolute atomic E-state index is 0.372. The lowest BCUT2D eigenvalue weighted by atomic mass is 10.2. The molecular formula is C11H16N2O2. The molecule has 0 aromatic heterocycles. The molecule has 1 aromatic carbocycles. The van der Waals surface area contributed by atoms with Gasteiger partial charge in [-0.25, -0.2) is 0 Å². The van der Waals surface area contributed by atoms with Gasteiger partial charge in [0.15, 0.2) is 0 Å². The average molecular weight is 208 g/mol. The summed E-state index contributed by atoms with van der Waals surface area (Å²) in [7, 11) is 1.63. The molecule has 82 valence electrons. The van der Waals surface area contributed by atoms with E-state index in [2.05, 4.69) is 5.32 Å². The molecule has 0 heterocycles. The summed E-state index contributed by atoms with van der Waals surface area (Å²) in [5.74, 6) is 0.454. The third-order valence-corrected chi connectivity index (χ3v) is 2.20. The first-order valence-electron chi connectivity index (χ1n) is 4.75. The van der Waals surface area contributed by atoms with Crippen LogP contribution in [0.2, 0.25) is 0 Å². The molecule has 1 rings (SSSR count). The van der Waals surface area contributed by atoms with Crippen molar-refractivity contribution < 1.29 is 9.53 Å². The molecule has 0 aliphatic carbocycles. The maximum atomic E-state index is 10.8. The van der Waals surface area contributed by atoms with Crippen molar-refractivity contribution in [2.45, 2.75) is 19.9 Å². The first-order chi connectivity index (χ1) is 7.04. The van der Waals surface area contributed by atoms with E-state index in [9.17, 15) is 4.79 Å². The zero-order valence-electron chi connectivity index (χ0n) is 9.20. The lowest BCUT2D eigenvalue weighted by Gasteiger charge is -2.13. The Bertz CT molecular complexity index is 364. The minimum Gasteiger partial charge on any atom is -0.496 e. The number of carbonyl (C=O) groups excluding carboxylic acids is 1. The summed E-state index contributed by atoms with van der Waals surface area (Å²) in [6.07, 6.45) is 0. The molecule has 0 aliphatic rings. The molecule has 4 heteroatoms. The number of anilines is 1. The van der Waals surface area contributed by atoms with Gasteiger partial charge in [0, 0.05) is 5.69 Å². The van der Waals surface area contributed by atoms with Gasteiger partial charge in [-0.2, -0.15) is 0 Å². The van der Waals surface area contributed by atoms with Gasteiger partial charge >= 0.3 is 0 Å². The maximum Gasteiger partial charge on any atom is 0.239 e.